The van der Waals surface area contributed by atoms with Crippen molar-refractivity contribution in [1.82, 2.24) is 5.32 Å². The average molecular weight is 208 g/mol. The van der Waals surface area contributed by atoms with Gasteiger partial charge in [0.25, 0.3) is 5.91 Å². The van der Waals surface area contributed by atoms with Gasteiger partial charge in [-0.1, -0.05) is 30.3 Å². The largest absolute Gasteiger partial charge is 0.370 e. The van der Waals surface area contributed by atoms with Crippen molar-refractivity contribution in [2.45, 2.75) is 12.6 Å². The van der Waals surface area contributed by atoms with Crippen LogP contribution >= 0.6 is 0 Å². The van der Waals surface area contributed by atoms with Crippen molar-refractivity contribution < 1.29 is 9.53 Å². The number of carbonyl (C=O) groups excluding carboxylic acids is 1. The summed E-state index contributed by atoms with van der Waals surface area (Å²) in [4.78, 5) is 11.5. The molecule has 1 atom stereocenters. The number of hydrogen-bond donors (Lipinski definition) is 2. The summed E-state index contributed by atoms with van der Waals surface area (Å²) >= 11 is 0. The highest BCUT2D eigenvalue weighted by molar-refractivity contribution is 5.80. The maximum absolute atomic E-state index is 11.5. The van der Waals surface area contributed by atoms with Crippen molar-refractivity contribution in [3.8, 4) is 0 Å². The molecule has 1 rings (SSSR count). The first-order valence-corrected chi connectivity index (χ1v) is 4.82. The first-order chi connectivity index (χ1) is 7.27. The molecule has 15 heavy (non-hydrogen) atoms. The Kier molecular flexibility index (Phi) is 4.80. The predicted molar refractivity (Wildman–Crippen MR) is 58.1 cm³/mol. The molecule has 0 aliphatic heterocycles. The fraction of sp³-hybridized carbons (Fsp3) is 0.364. The summed E-state index contributed by atoms with van der Waals surface area (Å²) in [5.74, 6) is -0.177. The zero-order chi connectivity index (χ0) is 11.1. The molecule has 0 fully saturated rings. The van der Waals surface area contributed by atoms with Gasteiger partial charge in [-0.25, -0.2) is 0 Å². The number of amides is 1. The van der Waals surface area contributed by atoms with Crippen LogP contribution in [-0.4, -0.2) is 25.7 Å². The second-order valence-electron chi connectivity index (χ2n) is 3.16. The zero-order valence-electron chi connectivity index (χ0n) is 8.77. The van der Waals surface area contributed by atoms with Crippen LogP contribution in [0.15, 0.2) is 30.3 Å². The molecular formula is C11H16N2O2. The van der Waals surface area contributed by atoms with E-state index in [0.717, 1.165) is 5.56 Å². The summed E-state index contributed by atoms with van der Waals surface area (Å²) < 4.78 is 4.91. The summed E-state index contributed by atoms with van der Waals surface area (Å²) in [6.07, 6.45) is -0.561. The van der Waals surface area contributed by atoms with Gasteiger partial charge in [-0.15, -0.1) is 0 Å². The van der Waals surface area contributed by atoms with Crippen LogP contribution in [-0.2, 0) is 16.1 Å². The quantitative estimate of drug-likeness (QED) is 0.730. The number of hydrogen-bond acceptors (Lipinski definition) is 3. The Hall–Kier alpha value is -1.39. The molecule has 0 aliphatic rings. The lowest BCUT2D eigenvalue weighted by atomic mass is 10.2. The number of methoxy groups -OCH3 is 1. The summed E-state index contributed by atoms with van der Waals surface area (Å²) in [6.45, 7) is 0.691. The lowest BCUT2D eigenvalue weighted by Gasteiger charge is -2.12. The van der Waals surface area contributed by atoms with Crippen molar-refractivity contribution >= 4 is 5.91 Å². The van der Waals surface area contributed by atoms with Gasteiger partial charge >= 0.3 is 0 Å². The van der Waals surface area contributed by atoms with Gasteiger partial charge in [0.05, 0.1) is 0 Å². The average Bonchev–Trinajstić information content (AvgIpc) is 2.29. The summed E-state index contributed by atoms with van der Waals surface area (Å²) in [6, 6.07) is 9.69. The molecule has 4 nitrogen and oxygen atoms in total. The lowest BCUT2D eigenvalue weighted by Crippen LogP contribution is -2.40. The molecule has 0 saturated heterocycles. The van der Waals surface area contributed by atoms with Crippen molar-refractivity contribution in [1.29, 1.82) is 0 Å². The summed E-state index contributed by atoms with van der Waals surface area (Å²) in [5, 5.41) is 2.76. The standard InChI is InChI=1S/C11H16N2O2/c1-15-10(7-12)11(14)13-8-9-5-3-2-4-6-9/h2-6,10H,7-8,12H2,1H3,(H,13,14). The third kappa shape index (κ3) is 3.69. The van der Waals surface area contributed by atoms with E-state index in [-0.39, 0.29) is 12.5 Å². The van der Waals surface area contributed by atoms with Gasteiger partial charge in [0, 0.05) is 20.2 Å². The van der Waals surface area contributed by atoms with Crippen LogP contribution in [0.5, 0.6) is 0 Å². The minimum absolute atomic E-state index is 0.177. The summed E-state index contributed by atoms with van der Waals surface area (Å²) in [5.41, 5.74) is 6.42. The third-order valence-electron chi connectivity index (χ3n) is 2.10. The normalized spacial score (nSPS) is 12.1. The molecule has 0 aliphatic carbocycles. The fourth-order valence-corrected chi connectivity index (χ4v) is 1.21. The highest BCUT2D eigenvalue weighted by Crippen LogP contribution is 1.97. The molecule has 1 unspecified atom stereocenters. The second kappa shape index (κ2) is 6.16. The van der Waals surface area contributed by atoms with E-state index in [1.165, 1.54) is 7.11 Å². The van der Waals surface area contributed by atoms with Crippen LogP contribution in [0.2, 0.25) is 0 Å². The molecule has 0 aromatic heterocycles. The van der Waals surface area contributed by atoms with E-state index >= 15 is 0 Å². The van der Waals surface area contributed by atoms with E-state index < -0.39 is 6.10 Å². The van der Waals surface area contributed by atoms with Crippen LogP contribution in [0.4, 0.5) is 0 Å². The van der Waals surface area contributed by atoms with Gasteiger partial charge in [-0.05, 0) is 5.56 Å². The van der Waals surface area contributed by atoms with Gasteiger partial charge < -0.3 is 15.8 Å². The number of ether oxygens (including phenoxy) is 1. The monoisotopic (exact) mass is 208 g/mol. The van der Waals surface area contributed by atoms with E-state index in [4.69, 9.17) is 10.5 Å². The van der Waals surface area contributed by atoms with E-state index in [0.29, 0.717) is 6.54 Å². The topological polar surface area (TPSA) is 64.3 Å². The Morgan fingerprint density at radius 3 is 2.67 bits per heavy atom. The number of rotatable bonds is 5. The Morgan fingerprint density at radius 2 is 2.13 bits per heavy atom. The molecule has 1 amide bonds. The fourth-order valence-electron chi connectivity index (χ4n) is 1.21. The Balaban J connectivity index is 2.40. The van der Waals surface area contributed by atoms with Gasteiger partial charge in [-0.2, -0.15) is 0 Å². The smallest absolute Gasteiger partial charge is 0.250 e. The van der Waals surface area contributed by atoms with Gasteiger partial charge in [-0.3, -0.25) is 4.79 Å². The molecule has 0 spiro atoms. The van der Waals surface area contributed by atoms with Crippen LogP contribution in [0, 0.1) is 0 Å². The van der Waals surface area contributed by atoms with Crippen LogP contribution in [0.1, 0.15) is 5.56 Å². The molecule has 0 heterocycles. The first kappa shape index (κ1) is 11.7. The predicted octanol–water partition coefficient (Wildman–Crippen LogP) is 0.277. The van der Waals surface area contributed by atoms with Crippen LogP contribution < -0.4 is 11.1 Å². The minimum atomic E-state index is -0.561. The molecule has 1 aromatic carbocycles. The SMILES string of the molecule is COC(CN)C(=O)NCc1ccccc1. The van der Waals surface area contributed by atoms with Crippen LogP contribution in [0.25, 0.3) is 0 Å². The van der Waals surface area contributed by atoms with Crippen LogP contribution in [0.3, 0.4) is 0 Å². The number of nitrogens with one attached hydrogen (secondary N) is 1. The lowest BCUT2D eigenvalue weighted by molar-refractivity contribution is -0.130. The van der Waals surface area contributed by atoms with Crippen molar-refractivity contribution in [2.75, 3.05) is 13.7 Å². The molecule has 4 heteroatoms. The Labute approximate surface area is 89.4 Å². The van der Waals surface area contributed by atoms with E-state index in [1.54, 1.807) is 0 Å². The molecular weight excluding hydrogens is 192 g/mol. The number of carbonyl (C=O) groups is 1. The molecule has 82 valence electrons. The first-order valence-electron chi connectivity index (χ1n) is 4.82. The third-order valence-corrected chi connectivity index (χ3v) is 2.10. The zero-order valence-corrected chi connectivity index (χ0v) is 8.77. The number of nitrogens with two attached hydrogens (primary N) is 1. The van der Waals surface area contributed by atoms with Gasteiger partial charge in [0.1, 0.15) is 6.10 Å². The van der Waals surface area contributed by atoms with Gasteiger partial charge in [0.2, 0.25) is 0 Å². The van der Waals surface area contributed by atoms with Gasteiger partial charge in [0.15, 0.2) is 0 Å². The van der Waals surface area contributed by atoms with E-state index in [2.05, 4.69) is 5.32 Å². The van der Waals surface area contributed by atoms with Crippen molar-refractivity contribution in [3.05, 3.63) is 35.9 Å². The Bertz CT molecular complexity index is 297. The molecule has 3 N–H and O–H groups in total. The Morgan fingerprint density at radius 1 is 1.47 bits per heavy atom. The van der Waals surface area contributed by atoms with E-state index in [1.807, 2.05) is 30.3 Å². The van der Waals surface area contributed by atoms with Crippen molar-refractivity contribution in [3.63, 3.8) is 0 Å². The maximum atomic E-state index is 11.5. The maximum Gasteiger partial charge on any atom is 0.250 e. The molecule has 0 radical (unpaired) electrons. The highest BCUT2D eigenvalue weighted by Gasteiger charge is 2.14. The molecule has 0 saturated carbocycles. The molecule has 1 aromatic rings. The number of benzene rings is 1. The van der Waals surface area contributed by atoms with E-state index in [9.17, 15) is 4.79 Å². The van der Waals surface area contributed by atoms with Crippen molar-refractivity contribution in [2.24, 2.45) is 5.73 Å². The minimum Gasteiger partial charge on any atom is -0.370 e. The highest BCUT2D eigenvalue weighted by atomic mass is 16.5. The molecule has 0 bridgehead atoms. The second-order valence-corrected chi connectivity index (χ2v) is 3.16. The summed E-state index contributed by atoms with van der Waals surface area (Å²) in [7, 11) is 1.47.